The summed E-state index contributed by atoms with van der Waals surface area (Å²) < 4.78 is 11.1. The summed E-state index contributed by atoms with van der Waals surface area (Å²) in [6.45, 7) is 1.80. The molecule has 7 heteroatoms. The quantitative estimate of drug-likeness (QED) is 0.801. The van der Waals surface area contributed by atoms with Crippen molar-refractivity contribution in [2.75, 3.05) is 7.11 Å². The van der Waals surface area contributed by atoms with Crippen molar-refractivity contribution in [3.05, 3.63) is 29.0 Å². The number of ether oxygens (including phenoxy) is 2. The first-order valence-corrected chi connectivity index (χ1v) is 8.49. The molecule has 0 bridgehead atoms. The second kappa shape index (κ2) is 7.14. The zero-order chi connectivity index (χ0) is 16.2. The lowest BCUT2D eigenvalue weighted by atomic mass is 9.94. The van der Waals surface area contributed by atoms with Gasteiger partial charge in [0.25, 0.3) is 0 Å². The maximum absolute atomic E-state index is 12.5. The predicted molar refractivity (Wildman–Crippen MR) is 86.3 cm³/mol. The van der Waals surface area contributed by atoms with Crippen molar-refractivity contribution >= 4 is 17.3 Å². The van der Waals surface area contributed by atoms with Gasteiger partial charge in [-0.25, -0.2) is 19.7 Å². The van der Waals surface area contributed by atoms with Crippen LogP contribution in [0.3, 0.4) is 0 Å². The van der Waals surface area contributed by atoms with Gasteiger partial charge in [0, 0.05) is 19.5 Å². The zero-order valence-electron chi connectivity index (χ0n) is 13.2. The molecular weight excluding hydrogens is 314 g/mol. The summed E-state index contributed by atoms with van der Waals surface area (Å²) in [6, 6.07) is 1.74. The molecule has 1 saturated carbocycles. The Hall–Kier alpha value is -1.86. The lowest BCUT2D eigenvalue weighted by Crippen LogP contribution is -2.35. The summed E-state index contributed by atoms with van der Waals surface area (Å²) >= 11 is 1.27. The van der Waals surface area contributed by atoms with Gasteiger partial charge in [-0.3, -0.25) is 0 Å². The van der Waals surface area contributed by atoms with Crippen LogP contribution in [0.5, 0.6) is 0 Å². The fourth-order valence-corrected chi connectivity index (χ4v) is 3.65. The van der Waals surface area contributed by atoms with Crippen LogP contribution >= 0.6 is 11.3 Å². The maximum atomic E-state index is 12.5. The third-order valence-corrected chi connectivity index (χ3v) is 5.08. The van der Waals surface area contributed by atoms with Gasteiger partial charge in [0.1, 0.15) is 11.0 Å². The number of hydrogen-bond donors (Lipinski definition) is 0. The highest BCUT2D eigenvalue weighted by Crippen LogP contribution is 2.28. The number of rotatable bonds is 4. The van der Waals surface area contributed by atoms with Crippen molar-refractivity contribution < 1.29 is 14.3 Å². The van der Waals surface area contributed by atoms with Gasteiger partial charge in [-0.05, 0) is 32.3 Å². The second-order valence-electron chi connectivity index (χ2n) is 5.51. The molecule has 3 rings (SSSR count). The van der Waals surface area contributed by atoms with Crippen molar-refractivity contribution in [1.29, 1.82) is 0 Å². The Labute approximate surface area is 138 Å². The van der Waals surface area contributed by atoms with Crippen LogP contribution in [-0.4, -0.2) is 40.2 Å². The molecule has 122 valence electrons. The van der Waals surface area contributed by atoms with Crippen molar-refractivity contribution in [1.82, 2.24) is 15.0 Å². The molecule has 1 aliphatic rings. The van der Waals surface area contributed by atoms with Gasteiger partial charge < -0.3 is 9.47 Å². The van der Waals surface area contributed by atoms with Gasteiger partial charge in [-0.1, -0.05) is 6.42 Å². The average Bonchev–Trinajstić information content (AvgIpc) is 2.98. The summed E-state index contributed by atoms with van der Waals surface area (Å²) in [5.74, 6) is 0.184. The molecule has 0 spiro atoms. The Morgan fingerprint density at radius 2 is 1.91 bits per heavy atom. The van der Waals surface area contributed by atoms with Crippen molar-refractivity contribution in [3.63, 3.8) is 0 Å². The van der Waals surface area contributed by atoms with E-state index in [0.717, 1.165) is 25.7 Å². The van der Waals surface area contributed by atoms with E-state index in [1.165, 1.54) is 11.3 Å². The summed E-state index contributed by atoms with van der Waals surface area (Å²) in [4.78, 5) is 25.7. The number of aromatic nitrogens is 3. The molecule has 6 nitrogen and oxygen atoms in total. The summed E-state index contributed by atoms with van der Waals surface area (Å²) in [7, 11) is 1.67. The fraction of sp³-hybridized carbons (Fsp3) is 0.500. The van der Waals surface area contributed by atoms with Crippen LogP contribution in [0.2, 0.25) is 0 Å². The molecule has 23 heavy (non-hydrogen) atoms. The first-order chi connectivity index (χ1) is 11.2. The third-order valence-electron chi connectivity index (χ3n) is 3.94. The van der Waals surface area contributed by atoms with Crippen LogP contribution in [0.15, 0.2) is 18.5 Å². The number of thiazole rings is 1. The molecule has 2 aromatic rings. The second-order valence-corrected chi connectivity index (χ2v) is 6.51. The van der Waals surface area contributed by atoms with E-state index in [0.29, 0.717) is 21.4 Å². The molecule has 2 heterocycles. The van der Waals surface area contributed by atoms with Gasteiger partial charge in [0.2, 0.25) is 0 Å². The van der Waals surface area contributed by atoms with E-state index in [2.05, 4.69) is 15.0 Å². The number of carbonyl (C=O) groups is 1. The summed E-state index contributed by atoms with van der Waals surface area (Å²) in [5.41, 5.74) is 0.646. The van der Waals surface area contributed by atoms with E-state index in [9.17, 15) is 4.79 Å². The minimum Gasteiger partial charge on any atom is -0.455 e. The van der Waals surface area contributed by atoms with Crippen LogP contribution in [0.1, 0.15) is 41.0 Å². The highest BCUT2D eigenvalue weighted by molar-refractivity contribution is 7.16. The topological polar surface area (TPSA) is 74.2 Å². The minimum atomic E-state index is -0.337. The Morgan fingerprint density at radius 3 is 2.61 bits per heavy atom. The van der Waals surface area contributed by atoms with Crippen LogP contribution in [-0.2, 0) is 9.47 Å². The van der Waals surface area contributed by atoms with E-state index < -0.39 is 0 Å². The number of methoxy groups -OCH3 is 1. The van der Waals surface area contributed by atoms with Gasteiger partial charge in [0.05, 0.1) is 11.8 Å². The molecule has 0 aromatic carbocycles. The van der Waals surface area contributed by atoms with E-state index in [1.54, 1.807) is 32.5 Å². The van der Waals surface area contributed by atoms with Crippen molar-refractivity contribution in [2.24, 2.45) is 0 Å². The molecule has 0 radical (unpaired) electrons. The molecule has 0 aliphatic heterocycles. The monoisotopic (exact) mass is 333 g/mol. The normalized spacial score (nSPS) is 21.1. The van der Waals surface area contributed by atoms with Gasteiger partial charge >= 0.3 is 5.97 Å². The zero-order valence-corrected chi connectivity index (χ0v) is 14.0. The third kappa shape index (κ3) is 3.56. The van der Waals surface area contributed by atoms with Crippen LogP contribution in [0.4, 0.5) is 0 Å². The standard InChI is InChI=1S/C16H19N3O3S/c1-10-13(23-15(19-10)14-17-8-5-9-18-14)16(20)22-12-7-4-3-6-11(12)21-2/h5,8-9,11-12H,3-4,6-7H2,1-2H3/t11-,12+/m0/s1. The lowest BCUT2D eigenvalue weighted by molar-refractivity contribution is -0.0537. The van der Waals surface area contributed by atoms with Gasteiger partial charge in [-0.2, -0.15) is 0 Å². The maximum Gasteiger partial charge on any atom is 0.350 e. The van der Waals surface area contributed by atoms with Crippen molar-refractivity contribution in [2.45, 2.75) is 44.8 Å². The minimum absolute atomic E-state index is 0.0159. The smallest absolute Gasteiger partial charge is 0.350 e. The number of carbonyl (C=O) groups excluding carboxylic acids is 1. The Kier molecular flexibility index (Phi) is 4.97. The highest BCUT2D eigenvalue weighted by atomic mass is 32.1. The fourth-order valence-electron chi connectivity index (χ4n) is 2.75. The van der Waals surface area contributed by atoms with E-state index in [4.69, 9.17) is 9.47 Å². The SMILES string of the molecule is CO[C@H]1CCCC[C@H]1OC(=O)c1sc(-c2ncccn2)nc1C. The molecule has 0 amide bonds. The molecule has 0 N–H and O–H groups in total. The largest absolute Gasteiger partial charge is 0.455 e. The molecular formula is C16H19N3O3S. The van der Waals surface area contributed by atoms with Crippen LogP contribution in [0, 0.1) is 6.92 Å². The Balaban J connectivity index is 1.76. The number of esters is 1. The van der Waals surface area contributed by atoms with E-state index >= 15 is 0 Å². The highest BCUT2D eigenvalue weighted by Gasteiger charge is 2.30. The van der Waals surface area contributed by atoms with E-state index in [-0.39, 0.29) is 18.2 Å². The van der Waals surface area contributed by atoms with Gasteiger partial charge in [-0.15, -0.1) is 11.3 Å². The molecule has 0 saturated heterocycles. The first kappa shape index (κ1) is 16.0. The van der Waals surface area contributed by atoms with Crippen LogP contribution in [0.25, 0.3) is 10.8 Å². The summed E-state index contributed by atoms with van der Waals surface area (Å²) in [6.07, 6.45) is 7.06. The molecule has 1 aliphatic carbocycles. The summed E-state index contributed by atoms with van der Waals surface area (Å²) in [5, 5.41) is 0.627. The lowest BCUT2D eigenvalue weighted by Gasteiger charge is -2.29. The average molecular weight is 333 g/mol. The molecule has 1 fully saturated rings. The van der Waals surface area contributed by atoms with Crippen molar-refractivity contribution in [3.8, 4) is 10.8 Å². The molecule has 2 atom stereocenters. The Bertz CT molecular complexity index is 674. The first-order valence-electron chi connectivity index (χ1n) is 7.67. The predicted octanol–water partition coefficient (Wildman–Crippen LogP) is 3.02. The molecule has 2 aromatic heterocycles. The molecule has 0 unspecified atom stereocenters. The van der Waals surface area contributed by atoms with Gasteiger partial charge in [0.15, 0.2) is 10.8 Å². The van der Waals surface area contributed by atoms with Crippen LogP contribution < -0.4 is 0 Å². The number of hydrogen-bond acceptors (Lipinski definition) is 7. The number of nitrogens with zero attached hydrogens (tertiary/aromatic N) is 3. The number of aryl methyl sites for hydroxylation is 1. The van der Waals surface area contributed by atoms with E-state index in [1.807, 2.05) is 0 Å². The Morgan fingerprint density at radius 1 is 1.22 bits per heavy atom.